The van der Waals surface area contributed by atoms with Crippen LogP contribution in [0.3, 0.4) is 0 Å². The third kappa shape index (κ3) is 2.79. The summed E-state index contributed by atoms with van der Waals surface area (Å²) in [4.78, 5) is 40.0. The molecule has 0 aromatic heterocycles. The van der Waals surface area contributed by atoms with Gasteiger partial charge in [0.1, 0.15) is 6.04 Å². The molecule has 3 fully saturated rings. The summed E-state index contributed by atoms with van der Waals surface area (Å²) in [5.41, 5.74) is 4.67. The average Bonchev–Trinajstić information content (AvgIpc) is 2.94. The summed E-state index contributed by atoms with van der Waals surface area (Å²) >= 11 is 0. The number of halogens is 1. The van der Waals surface area contributed by atoms with Gasteiger partial charge in [0, 0.05) is 50.3 Å². The zero-order chi connectivity index (χ0) is 19.4. The molecule has 1 N–H and O–H groups in total. The van der Waals surface area contributed by atoms with Gasteiger partial charge in [-0.1, -0.05) is 12.1 Å². The van der Waals surface area contributed by atoms with E-state index in [2.05, 4.69) is 10.2 Å². The van der Waals surface area contributed by atoms with Gasteiger partial charge in [-0.15, -0.1) is 4.48 Å². The normalized spacial score (nSPS) is 24.9. The molecule has 146 valence electrons. The van der Waals surface area contributed by atoms with Crippen molar-refractivity contribution in [3.05, 3.63) is 46.2 Å². The number of piperidine rings is 1. The van der Waals surface area contributed by atoms with Crippen LogP contribution in [0, 0.1) is 0 Å². The molecule has 0 bridgehead atoms. The first-order chi connectivity index (χ1) is 13.5. The van der Waals surface area contributed by atoms with Crippen molar-refractivity contribution in [1.82, 2.24) is 20.2 Å². The van der Waals surface area contributed by atoms with Gasteiger partial charge in [0.15, 0.2) is 0 Å². The van der Waals surface area contributed by atoms with E-state index in [0.717, 1.165) is 48.0 Å². The zero-order valence-electron chi connectivity index (χ0n) is 15.4. The van der Waals surface area contributed by atoms with Crippen molar-refractivity contribution >= 4 is 17.7 Å². The monoisotopic (exact) mass is 384 g/mol. The molecular formula is C20H21FN4O3. The van der Waals surface area contributed by atoms with Crippen molar-refractivity contribution in [2.75, 3.05) is 19.6 Å². The number of fused-ring (bicyclic) bond motifs is 1. The number of nitrogens with one attached hydrogen (secondary N) is 1. The highest BCUT2D eigenvalue weighted by molar-refractivity contribution is 6.05. The summed E-state index contributed by atoms with van der Waals surface area (Å²) < 4.78 is 13.3. The summed E-state index contributed by atoms with van der Waals surface area (Å²) in [6, 6.07) is 5.21. The van der Waals surface area contributed by atoms with E-state index >= 15 is 0 Å². The van der Waals surface area contributed by atoms with Crippen molar-refractivity contribution in [3.63, 3.8) is 0 Å². The van der Waals surface area contributed by atoms with Crippen LogP contribution in [-0.2, 0) is 22.7 Å². The minimum atomic E-state index is -0.586. The molecule has 3 saturated heterocycles. The first-order valence-electron chi connectivity index (χ1n) is 9.62. The molecule has 1 unspecified atom stereocenters. The van der Waals surface area contributed by atoms with Crippen LogP contribution in [0.4, 0.5) is 4.48 Å². The Morgan fingerprint density at radius 3 is 2.61 bits per heavy atom. The Bertz CT molecular complexity index is 920. The maximum absolute atomic E-state index is 13.3. The minimum absolute atomic E-state index is 0.153. The highest BCUT2D eigenvalue weighted by Gasteiger charge is 2.39. The summed E-state index contributed by atoms with van der Waals surface area (Å²) in [5.74, 6) is -0.828. The fourth-order valence-electron chi connectivity index (χ4n) is 4.43. The van der Waals surface area contributed by atoms with Crippen molar-refractivity contribution in [1.29, 1.82) is 0 Å². The number of hydrogen-bond acceptors (Lipinski definition) is 5. The first kappa shape index (κ1) is 17.4. The molecule has 3 amide bonds. The smallest absolute Gasteiger partial charge is 0.255 e. The van der Waals surface area contributed by atoms with Crippen LogP contribution in [0.1, 0.15) is 40.7 Å². The van der Waals surface area contributed by atoms with Gasteiger partial charge in [-0.05, 0) is 29.2 Å². The largest absolute Gasteiger partial charge is 0.322 e. The van der Waals surface area contributed by atoms with Crippen LogP contribution in [0.25, 0.3) is 0 Å². The quantitative estimate of drug-likeness (QED) is 0.624. The van der Waals surface area contributed by atoms with Crippen LogP contribution in [0.5, 0.6) is 0 Å². The highest BCUT2D eigenvalue weighted by Crippen LogP contribution is 2.32. The fourth-order valence-corrected chi connectivity index (χ4v) is 4.43. The maximum Gasteiger partial charge on any atom is 0.255 e. The van der Waals surface area contributed by atoms with Crippen molar-refractivity contribution in [2.45, 2.75) is 38.4 Å². The minimum Gasteiger partial charge on any atom is -0.322 e. The van der Waals surface area contributed by atoms with Gasteiger partial charge in [0.25, 0.3) is 5.91 Å². The van der Waals surface area contributed by atoms with E-state index in [0.29, 0.717) is 25.1 Å². The summed E-state index contributed by atoms with van der Waals surface area (Å²) in [6.07, 6.45) is 1.45. The predicted molar refractivity (Wildman–Crippen MR) is 97.2 cm³/mol. The Kier molecular flexibility index (Phi) is 3.97. The number of rotatable bonds is 3. The topological polar surface area (TPSA) is 73.0 Å². The van der Waals surface area contributed by atoms with E-state index < -0.39 is 11.9 Å². The molecular weight excluding hydrogens is 363 g/mol. The number of carbonyl (C=O) groups excluding carboxylic acids is 3. The molecule has 1 aromatic carbocycles. The molecule has 5 rings (SSSR count). The summed E-state index contributed by atoms with van der Waals surface area (Å²) in [6.45, 7) is 3.22. The number of imide groups is 1. The van der Waals surface area contributed by atoms with E-state index in [4.69, 9.17) is 0 Å². The third-order valence-electron chi connectivity index (χ3n) is 6.07. The summed E-state index contributed by atoms with van der Waals surface area (Å²) in [5, 5.41) is 3.15. The Balaban J connectivity index is 1.25. The van der Waals surface area contributed by atoms with Crippen LogP contribution in [0.15, 0.2) is 29.5 Å². The maximum atomic E-state index is 13.3. The van der Waals surface area contributed by atoms with Gasteiger partial charge < -0.3 is 4.90 Å². The number of nitrogens with zero attached hydrogens (tertiary/aromatic N) is 3. The molecule has 4 aliphatic heterocycles. The van der Waals surface area contributed by atoms with E-state index in [1.807, 2.05) is 18.2 Å². The second-order valence-electron chi connectivity index (χ2n) is 7.92. The van der Waals surface area contributed by atoms with E-state index in [9.17, 15) is 18.9 Å². The first-order valence-corrected chi connectivity index (χ1v) is 9.62. The number of amides is 3. The molecule has 8 heteroatoms. The van der Waals surface area contributed by atoms with Crippen molar-refractivity contribution in [3.8, 4) is 0 Å². The van der Waals surface area contributed by atoms with Crippen LogP contribution in [0.2, 0.25) is 0 Å². The van der Waals surface area contributed by atoms with Gasteiger partial charge in [-0.25, -0.2) is 5.12 Å². The Labute approximate surface area is 161 Å². The molecule has 4 heterocycles. The van der Waals surface area contributed by atoms with E-state index in [1.54, 1.807) is 4.90 Å². The Morgan fingerprint density at radius 2 is 1.93 bits per heavy atom. The molecule has 4 aliphatic rings. The molecule has 0 radical (unpaired) electrons. The summed E-state index contributed by atoms with van der Waals surface area (Å²) in [7, 11) is 0. The lowest BCUT2D eigenvalue weighted by atomic mass is 9.98. The van der Waals surface area contributed by atoms with Crippen molar-refractivity contribution in [2.24, 2.45) is 0 Å². The van der Waals surface area contributed by atoms with Gasteiger partial charge in [-0.2, -0.15) is 0 Å². The second-order valence-corrected chi connectivity index (χ2v) is 7.92. The number of likely N-dealkylation sites (tertiary alicyclic amines) is 1. The van der Waals surface area contributed by atoms with Gasteiger partial charge in [0.05, 0.1) is 6.54 Å². The van der Waals surface area contributed by atoms with Gasteiger partial charge in [0.2, 0.25) is 11.8 Å². The Hall–Kier alpha value is -2.74. The third-order valence-corrected chi connectivity index (χ3v) is 6.07. The zero-order valence-corrected chi connectivity index (χ0v) is 15.4. The lowest BCUT2D eigenvalue weighted by Crippen LogP contribution is -2.52. The molecule has 0 saturated carbocycles. The molecule has 1 aromatic rings. The van der Waals surface area contributed by atoms with E-state index in [1.165, 1.54) is 5.57 Å². The molecule has 28 heavy (non-hydrogen) atoms. The van der Waals surface area contributed by atoms with Crippen LogP contribution >= 0.6 is 0 Å². The second kappa shape index (κ2) is 6.41. The number of hydrogen-bond donors (Lipinski definition) is 1. The van der Waals surface area contributed by atoms with Crippen LogP contribution < -0.4 is 5.32 Å². The number of carbonyl (C=O) groups is 3. The van der Waals surface area contributed by atoms with Crippen molar-refractivity contribution < 1.29 is 18.9 Å². The lowest BCUT2D eigenvalue weighted by molar-refractivity contribution is -0.136. The highest BCUT2D eigenvalue weighted by atomic mass is 19.2. The average molecular weight is 384 g/mol. The molecule has 0 aliphatic carbocycles. The lowest BCUT2D eigenvalue weighted by Gasteiger charge is -2.40. The van der Waals surface area contributed by atoms with E-state index in [-0.39, 0.29) is 18.2 Å². The fraction of sp³-hybridized carbons (Fsp3) is 0.450. The van der Waals surface area contributed by atoms with Crippen LogP contribution in [-0.4, -0.2) is 58.3 Å². The van der Waals surface area contributed by atoms with Gasteiger partial charge in [-0.3, -0.25) is 24.6 Å². The van der Waals surface area contributed by atoms with Gasteiger partial charge >= 0.3 is 0 Å². The number of benzene rings is 1. The molecule has 1 atom stereocenters. The Morgan fingerprint density at radius 1 is 1.11 bits per heavy atom. The molecule has 0 spiro atoms. The molecule has 7 nitrogen and oxygen atoms in total. The standard InChI is InChI=1S/C20H21FN4O3/c21-25-6-5-16(25)14-9-23(10-14)8-12-1-2-15-13(7-12)11-24(20(15)28)17-3-4-18(26)22-19(17)27/h1-2,7,17H,3-6,8-11H2,(H,22,26,27). The SMILES string of the molecule is O=C1CCC(N2Cc3cc(CN4CC(=C5CCN5F)C4)ccc3C2=O)C(=O)N1. The predicted octanol–water partition coefficient (Wildman–Crippen LogP) is 1.11.